The molecule has 0 amide bonds. The highest BCUT2D eigenvalue weighted by Crippen LogP contribution is 2.37. The molecular formula is C16H23N3O. The van der Waals surface area contributed by atoms with E-state index in [-0.39, 0.29) is 0 Å². The van der Waals surface area contributed by atoms with Crippen molar-refractivity contribution in [2.45, 2.75) is 31.3 Å². The number of nitrogens with zero attached hydrogens (tertiary/aromatic N) is 3. The topological polar surface area (TPSA) is 35.9 Å². The van der Waals surface area contributed by atoms with Crippen LogP contribution in [-0.2, 0) is 18.5 Å². The third-order valence-corrected chi connectivity index (χ3v) is 4.94. The SMILES string of the molecule is CN1CCC(N=O)(c2ccc3c(c2)CN(C)CC3)CC1. The first-order valence-corrected chi connectivity index (χ1v) is 7.47. The highest BCUT2D eigenvalue weighted by Gasteiger charge is 2.37. The van der Waals surface area contributed by atoms with E-state index < -0.39 is 5.54 Å². The Labute approximate surface area is 120 Å². The Hall–Kier alpha value is -1.26. The normalized spacial score (nSPS) is 23.3. The molecule has 2 heterocycles. The molecule has 108 valence electrons. The molecule has 4 heteroatoms. The maximum Gasteiger partial charge on any atom is 0.130 e. The summed E-state index contributed by atoms with van der Waals surface area (Å²) in [5.41, 5.74) is 3.42. The number of fused-ring (bicyclic) bond motifs is 1. The maximum absolute atomic E-state index is 11.5. The first kappa shape index (κ1) is 13.7. The zero-order valence-electron chi connectivity index (χ0n) is 12.4. The highest BCUT2D eigenvalue weighted by molar-refractivity contribution is 5.37. The molecule has 0 unspecified atom stereocenters. The lowest BCUT2D eigenvalue weighted by Gasteiger charge is -2.36. The molecule has 4 nitrogen and oxygen atoms in total. The number of hydrogen-bond donors (Lipinski definition) is 0. The van der Waals surface area contributed by atoms with Gasteiger partial charge in [-0.05, 0) is 50.0 Å². The van der Waals surface area contributed by atoms with E-state index in [4.69, 9.17) is 0 Å². The lowest BCUT2D eigenvalue weighted by atomic mass is 9.80. The second-order valence-electron chi connectivity index (χ2n) is 6.40. The van der Waals surface area contributed by atoms with E-state index in [1.165, 1.54) is 11.1 Å². The Morgan fingerprint density at radius 2 is 1.80 bits per heavy atom. The van der Waals surface area contributed by atoms with Crippen molar-refractivity contribution in [2.24, 2.45) is 5.18 Å². The number of rotatable bonds is 2. The fraction of sp³-hybridized carbons (Fsp3) is 0.625. The van der Waals surface area contributed by atoms with Crippen LogP contribution in [0.1, 0.15) is 29.5 Å². The lowest BCUT2D eigenvalue weighted by molar-refractivity contribution is 0.191. The lowest BCUT2D eigenvalue weighted by Crippen LogP contribution is -2.39. The van der Waals surface area contributed by atoms with Gasteiger partial charge in [-0.25, -0.2) is 0 Å². The quantitative estimate of drug-likeness (QED) is 0.776. The average molecular weight is 273 g/mol. The molecule has 1 aromatic carbocycles. The van der Waals surface area contributed by atoms with Crippen LogP contribution in [0.5, 0.6) is 0 Å². The summed E-state index contributed by atoms with van der Waals surface area (Å²) in [6.45, 7) is 4.00. The van der Waals surface area contributed by atoms with Gasteiger partial charge < -0.3 is 9.80 Å². The molecule has 20 heavy (non-hydrogen) atoms. The van der Waals surface area contributed by atoms with Gasteiger partial charge in [-0.3, -0.25) is 0 Å². The molecule has 2 aliphatic rings. The van der Waals surface area contributed by atoms with Gasteiger partial charge in [-0.15, -0.1) is 4.91 Å². The van der Waals surface area contributed by atoms with Gasteiger partial charge >= 0.3 is 0 Å². The zero-order valence-corrected chi connectivity index (χ0v) is 12.4. The van der Waals surface area contributed by atoms with Gasteiger partial charge in [0, 0.05) is 26.2 Å². The summed E-state index contributed by atoms with van der Waals surface area (Å²) in [6.07, 6.45) is 2.78. The second-order valence-corrected chi connectivity index (χ2v) is 6.40. The van der Waals surface area contributed by atoms with Crippen LogP contribution in [0.25, 0.3) is 0 Å². The van der Waals surface area contributed by atoms with Gasteiger partial charge in [0.25, 0.3) is 0 Å². The number of nitroso groups, excluding NO2 is 1. The van der Waals surface area contributed by atoms with Crippen LogP contribution in [0.4, 0.5) is 0 Å². The summed E-state index contributed by atoms with van der Waals surface area (Å²) in [6, 6.07) is 6.58. The monoisotopic (exact) mass is 273 g/mol. The molecular weight excluding hydrogens is 250 g/mol. The standard InChI is InChI=1S/C16H23N3O/c1-18-9-6-16(17-20,7-10-18)15-4-3-13-5-8-19(2)12-14(13)11-15/h3-4,11H,5-10,12H2,1-2H3. The molecule has 1 saturated heterocycles. The van der Waals surface area contributed by atoms with Crippen LogP contribution in [-0.4, -0.2) is 43.5 Å². The first-order chi connectivity index (χ1) is 9.63. The number of hydrogen-bond acceptors (Lipinski definition) is 4. The minimum absolute atomic E-state index is 0.502. The summed E-state index contributed by atoms with van der Waals surface area (Å²) < 4.78 is 0. The third-order valence-electron chi connectivity index (χ3n) is 4.94. The summed E-state index contributed by atoms with van der Waals surface area (Å²) in [4.78, 5) is 16.2. The molecule has 0 radical (unpaired) electrons. The van der Waals surface area contributed by atoms with E-state index >= 15 is 0 Å². The summed E-state index contributed by atoms with van der Waals surface area (Å²) in [5, 5.41) is 3.56. The minimum Gasteiger partial charge on any atom is -0.306 e. The Morgan fingerprint density at radius 1 is 1.05 bits per heavy atom. The van der Waals surface area contributed by atoms with E-state index in [1.807, 2.05) is 0 Å². The molecule has 0 spiro atoms. The molecule has 1 fully saturated rings. The first-order valence-electron chi connectivity index (χ1n) is 7.47. The Morgan fingerprint density at radius 3 is 2.50 bits per heavy atom. The van der Waals surface area contributed by atoms with Crippen molar-refractivity contribution in [3.05, 3.63) is 39.8 Å². The van der Waals surface area contributed by atoms with Crippen molar-refractivity contribution in [3.63, 3.8) is 0 Å². The Bertz CT molecular complexity index is 506. The van der Waals surface area contributed by atoms with Crippen molar-refractivity contribution in [1.29, 1.82) is 0 Å². The maximum atomic E-state index is 11.5. The molecule has 0 atom stereocenters. The minimum atomic E-state index is -0.502. The van der Waals surface area contributed by atoms with Crippen molar-refractivity contribution in [1.82, 2.24) is 9.80 Å². The van der Waals surface area contributed by atoms with Crippen molar-refractivity contribution in [3.8, 4) is 0 Å². The molecule has 0 bridgehead atoms. The van der Waals surface area contributed by atoms with Crippen LogP contribution < -0.4 is 0 Å². The smallest absolute Gasteiger partial charge is 0.130 e. The largest absolute Gasteiger partial charge is 0.306 e. The van der Waals surface area contributed by atoms with Crippen molar-refractivity contribution < 1.29 is 0 Å². The van der Waals surface area contributed by atoms with Crippen LogP contribution in [0.3, 0.4) is 0 Å². The van der Waals surface area contributed by atoms with Crippen molar-refractivity contribution >= 4 is 0 Å². The van der Waals surface area contributed by atoms with Gasteiger partial charge in [-0.1, -0.05) is 23.4 Å². The molecule has 0 aromatic heterocycles. The summed E-state index contributed by atoms with van der Waals surface area (Å²) >= 11 is 0. The van der Waals surface area contributed by atoms with Gasteiger partial charge in [0.15, 0.2) is 0 Å². The summed E-state index contributed by atoms with van der Waals surface area (Å²) in [7, 11) is 4.26. The Kier molecular flexibility index (Phi) is 3.61. The van der Waals surface area contributed by atoms with Crippen LogP contribution in [0.15, 0.2) is 23.4 Å². The summed E-state index contributed by atoms with van der Waals surface area (Å²) in [5.74, 6) is 0. The third kappa shape index (κ3) is 2.38. The van der Waals surface area contributed by atoms with Gasteiger partial charge in [0.2, 0.25) is 0 Å². The van der Waals surface area contributed by atoms with Crippen LogP contribution >= 0.6 is 0 Å². The van der Waals surface area contributed by atoms with Crippen LogP contribution in [0.2, 0.25) is 0 Å². The molecule has 3 rings (SSSR count). The van der Waals surface area contributed by atoms with Gasteiger partial charge in [0.1, 0.15) is 5.54 Å². The van der Waals surface area contributed by atoms with Crippen molar-refractivity contribution in [2.75, 3.05) is 33.7 Å². The van der Waals surface area contributed by atoms with E-state index in [2.05, 4.69) is 47.3 Å². The number of benzene rings is 1. The Balaban J connectivity index is 1.93. The molecule has 2 aliphatic heterocycles. The number of likely N-dealkylation sites (N-methyl/N-ethyl adjacent to an activating group) is 1. The van der Waals surface area contributed by atoms with E-state index in [0.29, 0.717) is 0 Å². The fourth-order valence-electron chi connectivity index (χ4n) is 3.41. The predicted octanol–water partition coefficient (Wildman–Crippen LogP) is 2.36. The number of likely N-dealkylation sites (tertiary alicyclic amines) is 1. The average Bonchev–Trinajstić information content (AvgIpc) is 2.48. The number of piperidine rings is 1. The molecule has 0 saturated carbocycles. The van der Waals surface area contributed by atoms with E-state index in [0.717, 1.165) is 51.0 Å². The predicted molar refractivity (Wildman–Crippen MR) is 80.7 cm³/mol. The zero-order chi connectivity index (χ0) is 14.2. The van der Waals surface area contributed by atoms with Crippen LogP contribution in [0, 0.1) is 4.91 Å². The van der Waals surface area contributed by atoms with E-state index in [1.54, 1.807) is 0 Å². The van der Waals surface area contributed by atoms with Gasteiger partial charge in [0.05, 0.1) is 0 Å². The second kappa shape index (κ2) is 5.26. The fourth-order valence-corrected chi connectivity index (χ4v) is 3.41. The van der Waals surface area contributed by atoms with E-state index in [9.17, 15) is 4.91 Å². The van der Waals surface area contributed by atoms with Gasteiger partial charge in [-0.2, -0.15) is 0 Å². The molecule has 0 N–H and O–H groups in total. The molecule has 0 aliphatic carbocycles. The molecule has 1 aromatic rings. The highest BCUT2D eigenvalue weighted by atomic mass is 16.3.